The van der Waals surface area contributed by atoms with E-state index >= 15 is 0 Å². The van der Waals surface area contributed by atoms with Gasteiger partial charge in [0.1, 0.15) is 5.82 Å². The lowest BCUT2D eigenvalue weighted by molar-refractivity contribution is -0.117. The Labute approximate surface area is 190 Å². The molecule has 1 aliphatic heterocycles. The van der Waals surface area contributed by atoms with Crippen molar-refractivity contribution in [3.8, 4) is 11.5 Å². The van der Waals surface area contributed by atoms with E-state index in [1.165, 1.54) is 42.5 Å². The molecule has 0 spiro atoms. The third kappa shape index (κ3) is 6.74. The van der Waals surface area contributed by atoms with Crippen molar-refractivity contribution >= 4 is 17.9 Å². The van der Waals surface area contributed by atoms with Crippen LogP contribution in [-0.2, 0) is 4.79 Å². The molecule has 9 heteroatoms. The van der Waals surface area contributed by atoms with E-state index in [0.29, 0.717) is 31.5 Å². The summed E-state index contributed by atoms with van der Waals surface area (Å²) in [5, 5.41) is 2.88. The Morgan fingerprint density at radius 1 is 1.15 bits per heavy atom. The number of carbonyl (C=O) groups excluding carboxylic acids is 2. The lowest BCUT2D eigenvalue weighted by Gasteiger charge is -2.32. The molecule has 1 N–H and O–H groups in total. The predicted molar refractivity (Wildman–Crippen MR) is 117 cm³/mol. The number of nitrogens with zero attached hydrogens (tertiary/aromatic N) is 1. The first-order valence-electron chi connectivity index (χ1n) is 10.6. The van der Waals surface area contributed by atoms with Crippen molar-refractivity contribution in [1.82, 2.24) is 10.2 Å². The third-order valence-electron chi connectivity index (χ3n) is 5.14. The summed E-state index contributed by atoms with van der Waals surface area (Å²) >= 11 is 0. The number of carbonyl (C=O) groups is 2. The molecule has 1 saturated heterocycles. The van der Waals surface area contributed by atoms with Gasteiger partial charge >= 0.3 is 6.61 Å². The van der Waals surface area contributed by atoms with Crippen LogP contribution < -0.4 is 14.8 Å². The fraction of sp³-hybridized carbons (Fsp3) is 0.333. The maximum absolute atomic E-state index is 13.9. The third-order valence-corrected chi connectivity index (χ3v) is 5.14. The van der Waals surface area contributed by atoms with Crippen molar-refractivity contribution in [3.63, 3.8) is 0 Å². The SMILES string of the molecule is CCOc1cc(/C=C/C(=O)NC2CCN(C(=O)c3ccccc3F)CC2)ccc1OC(F)F. The first kappa shape index (κ1) is 24.2. The second kappa shape index (κ2) is 11.4. The molecule has 0 saturated carbocycles. The molecular weight excluding hydrogens is 437 g/mol. The van der Waals surface area contributed by atoms with Gasteiger partial charge in [-0.05, 0) is 55.7 Å². The summed E-state index contributed by atoms with van der Waals surface area (Å²) in [6, 6.07) is 10.2. The summed E-state index contributed by atoms with van der Waals surface area (Å²) in [6.07, 6.45) is 3.98. The molecule has 0 bridgehead atoms. The molecule has 2 amide bonds. The number of nitrogens with one attached hydrogen (secondary N) is 1. The quantitative estimate of drug-likeness (QED) is 0.596. The number of benzene rings is 2. The molecular formula is C24H25F3N2O4. The van der Waals surface area contributed by atoms with Crippen LogP contribution >= 0.6 is 0 Å². The number of hydrogen-bond acceptors (Lipinski definition) is 4. The molecule has 0 aliphatic carbocycles. The first-order valence-corrected chi connectivity index (χ1v) is 10.6. The summed E-state index contributed by atoms with van der Waals surface area (Å²) in [6.45, 7) is -0.163. The van der Waals surface area contributed by atoms with Gasteiger partial charge in [0.15, 0.2) is 11.5 Å². The van der Waals surface area contributed by atoms with Gasteiger partial charge in [-0.1, -0.05) is 18.2 Å². The lowest BCUT2D eigenvalue weighted by atomic mass is 10.0. The minimum absolute atomic E-state index is 0.0410. The molecule has 1 aliphatic rings. The van der Waals surface area contributed by atoms with Crippen LogP contribution in [0.25, 0.3) is 6.08 Å². The molecule has 6 nitrogen and oxygen atoms in total. The van der Waals surface area contributed by atoms with Gasteiger partial charge in [0.2, 0.25) is 5.91 Å². The van der Waals surface area contributed by atoms with Gasteiger partial charge in [-0.15, -0.1) is 0 Å². The van der Waals surface area contributed by atoms with Crippen LogP contribution in [0.1, 0.15) is 35.7 Å². The fourth-order valence-electron chi connectivity index (χ4n) is 3.54. The van der Waals surface area contributed by atoms with Crippen LogP contribution in [0.2, 0.25) is 0 Å². The van der Waals surface area contributed by atoms with Gasteiger partial charge in [0.05, 0.1) is 12.2 Å². The zero-order valence-electron chi connectivity index (χ0n) is 18.1. The number of piperidine rings is 1. The number of rotatable bonds is 8. The van der Waals surface area contributed by atoms with Crippen molar-refractivity contribution < 1.29 is 32.2 Å². The Bertz CT molecular complexity index is 1000. The fourth-order valence-corrected chi connectivity index (χ4v) is 3.54. The second-order valence-electron chi connectivity index (χ2n) is 7.41. The van der Waals surface area contributed by atoms with Crippen molar-refractivity contribution in [2.24, 2.45) is 0 Å². The largest absolute Gasteiger partial charge is 0.490 e. The van der Waals surface area contributed by atoms with E-state index in [9.17, 15) is 22.8 Å². The number of halogens is 3. The average Bonchev–Trinajstić information content (AvgIpc) is 2.79. The van der Waals surface area contributed by atoms with Crippen LogP contribution in [0.4, 0.5) is 13.2 Å². The molecule has 2 aromatic carbocycles. The average molecular weight is 462 g/mol. The van der Waals surface area contributed by atoms with Crippen LogP contribution in [0, 0.1) is 5.82 Å². The number of hydrogen-bond donors (Lipinski definition) is 1. The van der Waals surface area contributed by atoms with E-state index < -0.39 is 12.4 Å². The number of ether oxygens (including phenoxy) is 2. The molecule has 2 aromatic rings. The van der Waals surface area contributed by atoms with Gasteiger partial charge in [-0.25, -0.2) is 4.39 Å². The molecule has 3 rings (SSSR count). The number of likely N-dealkylation sites (tertiary alicyclic amines) is 1. The topological polar surface area (TPSA) is 67.9 Å². The highest BCUT2D eigenvalue weighted by molar-refractivity contribution is 5.94. The van der Waals surface area contributed by atoms with Gasteiger partial charge in [0.25, 0.3) is 5.91 Å². The lowest BCUT2D eigenvalue weighted by Crippen LogP contribution is -2.46. The highest BCUT2D eigenvalue weighted by Gasteiger charge is 2.25. The van der Waals surface area contributed by atoms with Crippen molar-refractivity contribution in [3.05, 3.63) is 65.5 Å². The molecule has 0 atom stereocenters. The highest BCUT2D eigenvalue weighted by atomic mass is 19.3. The first-order chi connectivity index (χ1) is 15.9. The zero-order chi connectivity index (χ0) is 23.8. The van der Waals surface area contributed by atoms with Crippen LogP contribution in [0.5, 0.6) is 11.5 Å². The molecule has 176 valence electrons. The maximum atomic E-state index is 13.9. The minimum atomic E-state index is -2.97. The molecule has 1 heterocycles. The van der Waals surface area contributed by atoms with Crippen LogP contribution in [0.15, 0.2) is 48.5 Å². The van der Waals surface area contributed by atoms with Crippen molar-refractivity contribution in [2.45, 2.75) is 32.4 Å². The smallest absolute Gasteiger partial charge is 0.387 e. The van der Waals surface area contributed by atoms with Gasteiger partial charge in [-0.2, -0.15) is 8.78 Å². The van der Waals surface area contributed by atoms with E-state index in [1.807, 2.05) is 0 Å². The molecule has 0 unspecified atom stereocenters. The Kier molecular flexibility index (Phi) is 8.34. The molecule has 1 fully saturated rings. The number of alkyl halides is 2. The second-order valence-corrected chi connectivity index (χ2v) is 7.41. The molecule has 33 heavy (non-hydrogen) atoms. The standard InChI is InChI=1S/C24H25F3N2O4/c1-2-32-21-15-16(7-9-20(21)33-24(26)27)8-10-22(30)28-17-11-13-29(14-12-17)23(31)18-5-3-4-6-19(18)25/h3-10,15,17,24H,2,11-14H2,1H3,(H,28,30)/b10-8+. The van der Waals surface area contributed by atoms with Gasteiger partial charge in [-0.3, -0.25) is 9.59 Å². The van der Waals surface area contributed by atoms with E-state index in [2.05, 4.69) is 10.1 Å². The highest BCUT2D eigenvalue weighted by Crippen LogP contribution is 2.30. The Morgan fingerprint density at radius 3 is 2.55 bits per heavy atom. The van der Waals surface area contributed by atoms with Crippen LogP contribution in [0.3, 0.4) is 0 Å². The summed E-state index contributed by atoms with van der Waals surface area (Å²) in [5.74, 6) is -1.15. The Morgan fingerprint density at radius 2 is 1.88 bits per heavy atom. The van der Waals surface area contributed by atoms with E-state index in [-0.39, 0.29) is 41.5 Å². The Hall–Kier alpha value is -3.49. The summed E-state index contributed by atoms with van der Waals surface area (Å²) in [4.78, 5) is 26.4. The van der Waals surface area contributed by atoms with Crippen LogP contribution in [-0.4, -0.2) is 49.1 Å². The number of amides is 2. The molecule has 0 aromatic heterocycles. The van der Waals surface area contributed by atoms with Crippen molar-refractivity contribution in [1.29, 1.82) is 0 Å². The predicted octanol–water partition coefficient (Wildman–Crippen LogP) is 4.26. The summed E-state index contributed by atoms with van der Waals surface area (Å²) in [7, 11) is 0. The summed E-state index contributed by atoms with van der Waals surface area (Å²) in [5.41, 5.74) is 0.625. The van der Waals surface area contributed by atoms with E-state index in [1.54, 1.807) is 24.0 Å². The summed E-state index contributed by atoms with van der Waals surface area (Å²) < 4.78 is 48.6. The van der Waals surface area contributed by atoms with Gasteiger partial charge < -0.3 is 19.7 Å². The van der Waals surface area contributed by atoms with Gasteiger partial charge in [0, 0.05) is 25.2 Å². The maximum Gasteiger partial charge on any atom is 0.387 e. The zero-order valence-corrected chi connectivity index (χ0v) is 18.1. The molecule has 0 radical (unpaired) electrons. The normalized spacial score (nSPS) is 14.5. The Balaban J connectivity index is 1.53. The monoisotopic (exact) mass is 462 g/mol. The van der Waals surface area contributed by atoms with E-state index in [4.69, 9.17) is 4.74 Å². The minimum Gasteiger partial charge on any atom is -0.490 e. The van der Waals surface area contributed by atoms with E-state index in [0.717, 1.165) is 0 Å². The van der Waals surface area contributed by atoms with Crippen molar-refractivity contribution in [2.75, 3.05) is 19.7 Å².